The van der Waals surface area contributed by atoms with Gasteiger partial charge in [0.2, 0.25) is 5.91 Å². The van der Waals surface area contributed by atoms with E-state index in [0.717, 1.165) is 27.7 Å². The van der Waals surface area contributed by atoms with E-state index in [0.29, 0.717) is 39.2 Å². The van der Waals surface area contributed by atoms with Crippen LogP contribution in [0, 0.1) is 11.6 Å². The average molecular weight is 416 g/mol. The summed E-state index contributed by atoms with van der Waals surface area (Å²) in [7, 11) is 1.62. The normalized spacial score (nSPS) is 11.2. The molecule has 0 radical (unpaired) electrons. The summed E-state index contributed by atoms with van der Waals surface area (Å²) >= 11 is 0. The van der Waals surface area contributed by atoms with Crippen LogP contribution in [0.3, 0.4) is 0 Å². The van der Waals surface area contributed by atoms with Crippen LogP contribution < -0.4 is 5.32 Å². The molecule has 1 aromatic heterocycles. The molecule has 0 saturated carbocycles. The van der Waals surface area contributed by atoms with Gasteiger partial charge in [0.25, 0.3) is 0 Å². The highest BCUT2D eigenvalue weighted by atomic mass is 19.1. The molecule has 0 aliphatic heterocycles. The molecule has 2 N–H and O–H groups in total. The standard InChI is InChI=1S/C23H26F2N2O3/c1-29-13-14-30-12-2-11-26-22(28)10-8-19-20-15-18(25)7-9-21(20)27-23(19)16-3-5-17(24)6-4-16/h3-7,9,15,27H,2,8,10-14H2,1H3,(H,26,28). The van der Waals surface area contributed by atoms with Gasteiger partial charge < -0.3 is 19.8 Å². The van der Waals surface area contributed by atoms with Crippen molar-refractivity contribution in [2.45, 2.75) is 19.3 Å². The van der Waals surface area contributed by atoms with Crippen molar-refractivity contribution in [1.29, 1.82) is 0 Å². The molecule has 0 spiro atoms. The van der Waals surface area contributed by atoms with Gasteiger partial charge in [-0.3, -0.25) is 4.79 Å². The van der Waals surface area contributed by atoms with Gasteiger partial charge >= 0.3 is 0 Å². The largest absolute Gasteiger partial charge is 0.382 e. The Morgan fingerprint density at radius 1 is 1.03 bits per heavy atom. The van der Waals surface area contributed by atoms with Crippen molar-refractivity contribution in [3.8, 4) is 11.3 Å². The fraction of sp³-hybridized carbons (Fsp3) is 0.348. The third kappa shape index (κ3) is 5.87. The number of amides is 1. The Kier molecular flexibility index (Phi) is 7.93. The molecule has 30 heavy (non-hydrogen) atoms. The zero-order chi connectivity index (χ0) is 21.3. The number of H-pyrrole nitrogens is 1. The van der Waals surface area contributed by atoms with Crippen LogP contribution in [0.2, 0.25) is 0 Å². The van der Waals surface area contributed by atoms with Gasteiger partial charge in [0.05, 0.1) is 13.2 Å². The van der Waals surface area contributed by atoms with E-state index in [2.05, 4.69) is 10.3 Å². The molecule has 160 valence electrons. The molecule has 5 nitrogen and oxygen atoms in total. The second-order valence-corrected chi connectivity index (χ2v) is 6.98. The Morgan fingerprint density at radius 3 is 2.57 bits per heavy atom. The average Bonchev–Trinajstić information content (AvgIpc) is 3.09. The van der Waals surface area contributed by atoms with Crippen LogP contribution in [-0.2, 0) is 20.7 Å². The Bertz CT molecular complexity index is 970. The lowest BCUT2D eigenvalue weighted by molar-refractivity contribution is -0.121. The number of rotatable bonds is 11. The minimum atomic E-state index is -0.341. The van der Waals surface area contributed by atoms with Crippen LogP contribution in [0.4, 0.5) is 8.78 Å². The molecule has 3 rings (SSSR count). The number of nitrogens with one attached hydrogen (secondary N) is 2. The number of carbonyl (C=O) groups is 1. The topological polar surface area (TPSA) is 63.4 Å². The van der Waals surface area contributed by atoms with E-state index in [1.54, 1.807) is 25.3 Å². The van der Waals surface area contributed by atoms with Gasteiger partial charge in [-0.2, -0.15) is 0 Å². The first-order chi connectivity index (χ1) is 14.6. The van der Waals surface area contributed by atoms with E-state index in [1.807, 2.05) is 0 Å². The summed E-state index contributed by atoms with van der Waals surface area (Å²) in [4.78, 5) is 15.5. The van der Waals surface area contributed by atoms with E-state index in [9.17, 15) is 13.6 Å². The number of hydrogen-bond acceptors (Lipinski definition) is 3. The molecule has 0 bridgehead atoms. The third-order valence-electron chi connectivity index (χ3n) is 4.82. The second kappa shape index (κ2) is 10.8. The van der Waals surface area contributed by atoms with Gasteiger partial charge in [0, 0.05) is 43.3 Å². The molecular weight excluding hydrogens is 390 g/mol. The van der Waals surface area contributed by atoms with Gasteiger partial charge in [-0.15, -0.1) is 0 Å². The van der Waals surface area contributed by atoms with Crippen LogP contribution in [0.5, 0.6) is 0 Å². The molecule has 3 aromatic rings. The first kappa shape index (κ1) is 21.9. The molecule has 2 aromatic carbocycles. The Hall–Kier alpha value is -2.77. The summed E-state index contributed by atoms with van der Waals surface area (Å²) in [5.74, 6) is -0.748. The summed E-state index contributed by atoms with van der Waals surface area (Å²) in [5.41, 5.74) is 3.18. The summed E-state index contributed by atoms with van der Waals surface area (Å²) in [5, 5.41) is 3.61. The highest BCUT2D eigenvalue weighted by Crippen LogP contribution is 2.32. The van der Waals surface area contributed by atoms with Gasteiger partial charge in [-0.25, -0.2) is 8.78 Å². The van der Waals surface area contributed by atoms with Gasteiger partial charge in [0.15, 0.2) is 0 Å². The maximum absolute atomic E-state index is 13.8. The van der Waals surface area contributed by atoms with Crippen LogP contribution in [0.15, 0.2) is 42.5 Å². The number of benzene rings is 2. The molecule has 0 aliphatic carbocycles. The second-order valence-electron chi connectivity index (χ2n) is 6.98. The van der Waals surface area contributed by atoms with Crippen molar-refractivity contribution in [1.82, 2.24) is 10.3 Å². The van der Waals surface area contributed by atoms with E-state index < -0.39 is 0 Å². The number of aryl methyl sites for hydroxylation is 1. The minimum Gasteiger partial charge on any atom is -0.382 e. The highest BCUT2D eigenvalue weighted by molar-refractivity contribution is 5.91. The monoisotopic (exact) mass is 416 g/mol. The van der Waals surface area contributed by atoms with Gasteiger partial charge in [0.1, 0.15) is 11.6 Å². The maximum atomic E-state index is 13.8. The van der Waals surface area contributed by atoms with Crippen LogP contribution >= 0.6 is 0 Å². The molecule has 0 saturated heterocycles. The van der Waals surface area contributed by atoms with E-state index in [1.165, 1.54) is 24.3 Å². The van der Waals surface area contributed by atoms with Crippen molar-refractivity contribution in [2.24, 2.45) is 0 Å². The first-order valence-corrected chi connectivity index (χ1v) is 9.98. The lowest BCUT2D eigenvalue weighted by Gasteiger charge is -2.08. The highest BCUT2D eigenvalue weighted by Gasteiger charge is 2.15. The summed E-state index contributed by atoms with van der Waals surface area (Å²) in [6, 6.07) is 10.6. The lowest BCUT2D eigenvalue weighted by Crippen LogP contribution is -2.25. The van der Waals surface area contributed by atoms with Crippen LogP contribution in [0.1, 0.15) is 18.4 Å². The van der Waals surface area contributed by atoms with Crippen molar-refractivity contribution >= 4 is 16.8 Å². The van der Waals surface area contributed by atoms with Gasteiger partial charge in [-0.05, 0) is 66.4 Å². The van der Waals surface area contributed by atoms with Crippen molar-refractivity contribution in [3.05, 3.63) is 59.7 Å². The molecule has 0 atom stereocenters. The number of carbonyl (C=O) groups excluding carboxylic acids is 1. The number of aromatic nitrogens is 1. The number of hydrogen-bond donors (Lipinski definition) is 2. The van der Waals surface area contributed by atoms with E-state index in [4.69, 9.17) is 9.47 Å². The number of fused-ring (bicyclic) bond motifs is 1. The smallest absolute Gasteiger partial charge is 0.220 e. The van der Waals surface area contributed by atoms with E-state index >= 15 is 0 Å². The summed E-state index contributed by atoms with van der Waals surface area (Å²) in [6.45, 7) is 2.17. The van der Waals surface area contributed by atoms with Gasteiger partial charge in [-0.1, -0.05) is 0 Å². The fourth-order valence-corrected chi connectivity index (χ4v) is 3.32. The number of aromatic amines is 1. The molecule has 1 heterocycles. The summed E-state index contributed by atoms with van der Waals surface area (Å²) < 4.78 is 37.4. The molecule has 0 aliphatic rings. The number of halogens is 2. The third-order valence-corrected chi connectivity index (χ3v) is 4.82. The van der Waals surface area contributed by atoms with Crippen LogP contribution in [0.25, 0.3) is 22.2 Å². The SMILES string of the molecule is COCCOCCCNC(=O)CCc1c(-c2ccc(F)cc2)[nH]c2ccc(F)cc12. The quantitative estimate of drug-likeness (QED) is 0.460. The fourth-order valence-electron chi connectivity index (χ4n) is 3.32. The molecule has 7 heteroatoms. The number of methoxy groups -OCH3 is 1. The summed E-state index contributed by atoms with van der Waals surface area (Å²) in [6.07, 6.45) is 1.42. The predicted octanol–water partition coefficient (Wildman–Crippen LogP) is 4.22. The molecular formula is C23H26F2N2O3. The molecule has 0 fully saturated rings. The minimum absolute atomic E-state index is 0.0808. The Labute approximate surface area is 174 Å². The van der Waals surface area contributed by atoms with Crippen molar-refractivity contribution in [2.75, 3.05) is 33.5 Å². The van der Waals surface area contributed by atoms with Crippen molar-refractivity contribution < 1.29 is 23.0 Å². The zero-order valence-corrected chi connectivity index (χ0v) is 17.0. The molecule has 0 unspecified atom stereocenters. The molecule has 1 amide bonds. The Morgan fingerprint density at radius 2 is 1.80 bits per heavy atom. The van der Waals surface area contributed by atoms with Crippen LogP contribution in [-0.4, -0.2) is 44.4 Å². The zero-order valence-electron chi connectivity index (χ0n) is 17.0. The maximum Gasteiger partial charge on any atom is 0.220 e. The predicted molar refractivity (Wildman–Crippen MR) is 112 cm³/mol. The Balaban J connectivity index is 1.64. The number of ether oxygens (including phenoxy) is 2. The van der Waals surface area contributed by atoms with Crippen molar-refractivity contribution in [3.63, 3.8) is 0 Å². The first-order valence-electron chi connectivity index (χ1n) is 9.98. The van der Waals surface area contributed by atoms with E-state index in [-0.39, 0.29) is 24.0 Å². The lowest BCUT2D eigenvalue weighted by atomic mass is 10.0.